The summed E-state index contributed by atoms with van der Waals surface area (Å²) in [6, 6.07) is 22.6. The van der Waals surface area contributed by atoms with E-state index >= 15 is 0 Å². The molecule has 0 saturated heterocycles. The van der Waals surface area contributed by atoms with Crippen molar-refractivity contribution in [2.24, 2.45) is 5.92 Å². The Labute approximate surface area is 194 Å². The van der Waals surface area contributed by atoms with Crippen LogP contribution in [0.4, 0.5) is 5.69 Å². The monoisotopic (exact) mass is 438 g/mol. The Kier molecular flexibility index (Phi) is 5.11. The minimum absolute atomic E-state index is 0.283. The van der Waals surface area contributed by atoms with E-state index in [1.165, 1.54) is 38.6 Å². The van der Waals surface area contributed by atoms with Gasteiger partial charge in [0.25, 0.3) is 0 Å². The summed E-state index contributed by atoms with van der Waals surface area (Å²) in [5.74, 6) is 1.83. The number of ether oxygens (including phenoxy) is 2. The van der Waals surface area contributed by atoms with Gasteiger partial charge in [-0.2, -0.15) is 0 Å². The average Bonchev–Trinajstić information content (AvgIpc) is 3.47. The number of rotatable bonds is 6. The fourth-order valence-corrected chi connectivity index (χ4v) is 5.84. The third-order valence-corrected chi connectivity index (χ3v) is 7.36. The highest BCUT2D eigenvalue weighted by atomic mass is 16.5. The van der Waals surface area contributed by atoms with Gasteiger partial charge in [-0.3, -0.25) is 0 Å². The van der Waals surface area contributed by atoms with Crippen molar-refractivity contribution in [3.63, 3.8) is 0 Å². The highest BCUT2D eigenvalue weighted by Gasteiger charge is 2.38. The largest absolute Gasteiger partial charge is 0.491 e. The van der Waals surface area contributed by atoms with E-state index in [0.29, 0.717) is 25.0 Å². The molecule has 3 unspecified atom stereocenters. The van der Waals surface area contributed by atoms with E-state index in [-0.39, 0.29) is 6.04 Å². The highest BCUT2D eigenvalue weighted by molar-refractivity contribution is 6.08. The van der Waals surface area contributed by atoms with E-state index in [1.54, 1.807) is 7.11 Å². The van der Waals surface area contributed by atoms with Crippen LogP contribution in [-0.4, -0.2) is 24.9 Å². The molecule has 0 bridgehead atoms. The number of aromatic nitrogens is 1. The average molecular weight is 439 g/mol. The van der Waals surface area contributed by atoms with Crippen molar-refractivity contribution in [1.82, 2.24) is 4.57 Å². The zero-order chi connectivity index (χ0) is 22.4. The number of allylic oxidation sites excluding steroid dienone is 2. The van der Waals surface area contributed by atoms with Crippen LogP contribution in [0.15, 0.2) is 72.8 Å². The molecule has 0 radical (unpaired) electrons. The first-order valence-corrected chi connectivity index (χ1v) is 12.0. The lowest BCUT2D eigenvalue weighted by Gasteiger charge is -2.37. The minimum atomic E-state index is 0.283. The maximum absolute atomic E-state index is 5.90. The topological polar surface area (TPSA) is 35.4 Å². The number of nitrogens with one attached hydrogen (secondary N) is 1. The molecule has 4 heteroatoms. The van der Waals surface area contributed by atoms with Gasteiger partial charge in [0.05, 0.1) is 12.6 Å². The number of nitrogens with zero attached hydrogens (tertiary/aromatic N) is 1. The molecule has 3 aromatic carbocycles. The minimum Gasteiger partial charge on any atom is -0.491 e. The maximum atomic E-state index is 5.90. The van der Waals surface area contributed by atoms with E-state index in [9.17, 15) is 0 Å². The van der Waals surface area contributed by atoms with Crippen molar-refractivity contribution in [3.05, 3.63) is 83.9 Å². The summed E-state index contributed by atoms with van der Waals surface area (Å²) in [6.45, 7) is 4.37. The summed E-state index contributed by atoms with van der Waals surface area (Å²) in [5.41, 5.74) is 6.55. The first-order valence-electron chi connectivity index (χ1n) is 12.0. The normalized spacial score (nSPS) is 21.2. The molecule has 1 aliphatic carbocycles. The van der Waals surface area contributed by atoms with Crippen LogP contribution >= 0.6 is 0 Å². The Bertz CT molecular complexity index is 1350. The van der Waals surface area contributed by atoms with Crippen molar-refractivity contribution in [3.8, 4) is 5.75 Å². The van der Waals surface area contributed by atoms with Crippen molar-refractivity contribution in [1.29, 1.82) is 0 Å². The SMILES string of the molecule is CCn1c2ccccc2c2cc(C3Nc4ccc(OCCOC)cc4C4C=CCC43)ccc21. The van der Waals surface area contributed by atoms with Crippen molar-refractivity contribution < 1.29 is 9.47 Å². The van der Waals surface area contributed by atoms with Crippen LogP contribution in [-0.2, 0) is 11.3 Å². The lowest BCUT2D eigenvalue weighted by Crippen LogP contribution is -2.29. The molecule has 168 valence electrons. The number of methoxy groups -OCH3 is 1. The Morgan fingerprint density at radius 1 is 0.970 bits per heavy atom. The van der Waals surface area contributed by atoms with Crippen LogP contribution in [0.3, 0.4) is 0 Å². The summed E-state index contributed by atoms with van der Waals surface area (Å²) in [5, 5.41) is 6.57. The molecule has 0 spiro atoms. The quantitative estimate of drug-likeness (QED) is 0.270. The third-order valence-electron chi connectivity index (χ3n) is 7.36. The van der Waals surface area contributed by atoms with Gasteiger partial charge in [0.15, 0.2) is 0 Å². The van der Waals surface area contributed by atoms with Gasteiger partial charge in [-0.25, -0.2) is 0 Å². The Balaban J connectivity index is 1.39. The second kappa shape index (κ2) is 8.27. The Morgan fingerprint density at radius 3 is 2.73 bits per heavy atom. The van der Waals surface area contributed by atoms with Gasteiger partial charge in [-0.05, 0) is 66.8 Å². The fraction of sp³-hybridized carbons (Fsp3) is 0.310. The molecule has 0 fully saturated rings. The Morgan fingerprint density at radius 2 is 1.85 bits per heavy atom. The van der Waals surface area contributed by atoms with Gasteiger partial charge in [0, 0.05) is 47.1 Å². The predicted octanol–water partition coefficient (Wildman–Crippen LogP) is 6.67. The van der Waals surface area contributed by atoms with E-state index < -0.39 is 0 Å². The van der Waals surface area contributed by atoms with Gasteiger partial charge < -0.3 is 19.4 Å². The molecule has 1 N–H and O–H groups in total. The number of anilines is 1. The molecular weight excluding hydrogens is 408 g/mol. The van der Waals surface area contributed by atoms with Crippen molar-refractivity contribution in [2.75, 3.05) is 25.6 Å². The molecular formula is C29H30N2O2. The van der Waals surface area contributed by atoms with Crippen LogP contribution in [0.25, 0.3) is 21.8 Å². The van der Waals surface area contributed by atoms with Gasteiger partial charge in [-0.15, -0.1) is 0 Å². The molecule has 33 heavy (non-hydrogen) atoms. The molecule has 2 heterocycles. The summed E-state index contributed by atoms with van der Waals surface area (Å²) in [7, 11) is 1.70. The molecule has 4 aromatic rings. The van der Waals surface area contributed by atoms with Gasteiger partial charge >= 0.3 is 0 Å². The number of hydrogen-bond donors (Lipinski definition) is 1. The molecule has 1 aliphatic heterocycles. The van der Waals surface area contributed by atoms with Crippen LogP contribution < -0.4 is 10.1 Å². The molecule has 2 aliphatic rings. The molecule has 6 rings (SSSR count). The number of benzene rings is 3. The van der Waals surface area contributed by atoms with Gasteiger partial charge in [0.2, 0.25) is 0 Å². The van der Waals surface area contributed by atoms with E-state index in [1.807, 2.05) is 0 Å². The van der Waals surface area contributed by atoms with Crippen LogP contribution in [0.1, 0.15) is 36.4 Å². The standard InChI is InChI=1S/C29H30N2O2/c1-3-31-27-10-5-4-7-22(27)25-17-19(11-14-28(25)31)29-23-9-6-8-21(23)24-18-20(33-16-15-32-2)12-13-26(24)30-29/h4-8,10-14,17-18,21,23,29-30H,3,9,15-16H2,1-2H3. The predicted molar refractivity (Wildman–Crippen MR) is 135 cm³/mol. The molecule has 1 aromatic heterocycles. The first-order chi connectivity index (χ1) is 16.3. The number of hydrogen-bond acceptors (Lipinski definition) is 3. The van der Waals surface area contributed by atoms with Gasteiger partial charge in [-0.1, -0.05) is 36.4 Å². The second-order valence-electron chi connectivity index (χ2n) is 9.10. The molecule has 4 nitrogen and oxygen atoms in total. The third kappa shape index (κ3) is 3.32. The molecule has 3 atom stereocenters. The lowest BCUT2D eigenvalue weighted by molar-refractivity contribution is 0.146. The van der Waals surface area contributed by atoms with Crippen LogP contribution in [0.2, 0.25) is 0 Å². The fourth-order valence-electron chi connectivity index (χ4n) is 5.84. The van der Waals surface area contributed by atoms with Crippen LogP contribution in [0, 0.1) is 5.92 Å². The summed E-state index contributed by atoms with van der Waals surface area (Å²) in [4.78, 5) is 0. The zero-order valence-corrected chi connectivity index (χ0v) is 19.3. The van der Waals surface area contributed by atoms with E-state index in [4.69, 9.17) is 9.47 Å². The lowest BCUT2D eigenvalue weighted by atomic mass is 9.77. The second-order valence-corrected chi connectivity index (χ2v) is 9.10. The van der Waals surface area contributed by atoms with Crippen molar-refractivity contribution in [2.45, 2.75) is 31.8 Å². The summed E-state index contributed by atoms with van der Waals surface area (Å²) in [6.07, 6.45) is 5.82. The van der Waals surface area contributed by atoms with Crippen molar-refractivity contribution >= 4 is 27.5 Å². The molecule has 0 saturated carbocycles. The van der Waals surface area contributed by atoms with Crippen LogP contribution in [0.5, 0.6) is 5.75 Å². The summed E-state index contributed by atoms with van der Waals surface area (Å²) < 4.78 is 13.4. The number of para-hydroxylation sites is 1. The zero-order valence-electron chi connectivity index (χ0n) is 19.3. The van der Waals surface area contributed by atoms with Gasteiger partial charge in [0.1, 0.15) is 12.4 Å². The number of aryl methyl sites for hydroxylation is 1. The van der Waals surface area contributed by atoms with E-state index in [2.05, 4.69) is 89.6 Å². The Hall–Kier alpha value is -3.24. The van der Waals surface area contributed by atoms with E-state index in [0.717, 1.165) is 18.7 Å². The summed E-state index contributed by atoms with van der Waals surface area (Å²) >= 11 is 0. The highest BCUT2D eigenvalue weighted by Crippen LogP contribution is 2.51. The number of fused-ring (bicyclic) bond motifs is 6. The smallest absolute Gasteiger partial charge is 0.119 e. The first kappa shape index (κ1) is 20.4. The maximum Gasteiger partial charge on any atom is 0.119 e. The molecule has 0 amide bonds.